The summed E-state index contributed by atoms with van der Waals surface area (Å²) < 4.78 is 76.3. The van der Waals surface area contributed by atoms with Crippen LogP contribution in [-0.2, 0) is 23.0 Å². The lowest BCUT2D eigenvalue weighted by atomic mass is 10.1. The van der Waals surface area contributed by atoms with Gasteiger partial charge in [0, 0.05) is 23.6 Å². The molecule has 0 radical (unpaired) electrons. The van der Waals surface area contributed by atoms with Gasteiger partial charge in [0.05, 0.1) is 24.5 Å². The predicted molar refractivity (Wildman–Crippen MR) is 119 cm³/mol. The summed E-state index contributed by atoms with van der Waals surface area (Å²) in [5.74, 6) is 0.498. The van der Waals surface area contributed by atoms with E-state index in [-0.39, 0.29) is 11.3 Å². The number of methoxy groups -OCH3 is 1. The summed E-state index contributed by atoms with van der Waals surface area (Å²) in [4.78, 5) is -0.158. The molecule has 1 atom stereocenters. The van der Waals surface area contributed by atoms with Gasteiger partial charge in [-0.2, -0.15) is 23.2 Å². The molecule has 33 heavy (non-hydrogen) atoms. The van der Waals surface area contributed by atoms with Crippen LogP contribution in [0.4, 0.5) is 13.2 Å². The van der Waals surface area contributed by atoms with Gasteiger partial charge in [-0.1, -0.05) is 17.7 Å². The number of ether oxygens (including phenoxy) is 1. The summed E-state index contributed by atoms with van der Waals surface area (Å²) in [6.07, 6.45) is -3.42. The minimum absolute atomic E-state index is 0.0131. The number of nitriles is 1. The van der Waals surface area contributed by atoms with Gasteiger partial charge >= 0.3 is 6.18 Å². The zero-order chi connectivity index (χ0) is 24.6. The normalized spacial score (nSPS) is 13.2. The van der Waals surface area contributed by atoms with Crippen molar-refractivity contribution >= 4 is 20.9 Å². The van der Waals surface area contributed by atoms with Crippen LogP contribution >= 0.6 is 0 Å². The summed E-state index contributed by atoms with van der Waals surface area (Å²) in [5.41, 5.74) is 2.53. The number of aryl methyl sites for hydroxylation is 3. The van der Waals surface area contributed by atoms with Gasteiger partial charge in [-0.15, -0.1) is 0 Å². The third kappa shape index (κ3) is 5.15. The molecule has 1 aromatic heterocycles. The molecular weight excluding hydrogens is 455 g/mol. The number of aromatic nitrogens is 1. The molecule has 0 aliphatic carbocycles. The number of rotatable bonds is 7. The second kappa shape index (κ2) is 9.08. The highest BCUT2D eigenvalue weighted by Gasteiger charge is 2.43. The fraction of sp³-hybridized carbons (Fsp3) is 0.348. The van der Waals surface area contributed by atoms with E-state index in [2.05, 4.69) is 0 Å². The zero-order valence-electron chi connectivity index (χ0n) is 18.6. The largest absolute Gasteiger partial charge is 0.497 e. The van der Waals surface area contributed by atoms with Crippen LogP contribution in [0.25, 0.3) is 10.9 Å². The molecule has 1 heterocycles. The molecule has 0 bridgehead atoms. The highest BCUT2D eigenvalue weighted by molar-refractivity contribution is 7.89. The predicted octanol–water partition coefficient (Wildman–Crippen LogP) is 4.55. The molecule has 0 spiro atoms. The minimum atomic E-state index is -4.85. The van der Waals surface area contributed by atoms with Gasteiger partial charge in [0.25, 0.3) is 0 Å². The van der Waals surface area contributed by atoms with E-state index in [1.807, 2.05) is 10.8 Å². The molecule has 0 aliphatic heterocycles. The fourth-order valence-corrected chi connectivity index (χ4v) is 5.76. The van der Waals surface area contributed by atoms with Crippen LogP contribution in [0, 0.1) is 32.1 Å². The number of nitrogens with one attached hydrogen (secondary N) is 1. The first kappa shape index (κ1) is 24.6. The van der Waals surface area contributed by atoms with E-state index in [1.54, 1.807) is 51.1 Å². The van der Waals surface area contributed by atoms with Crippen molar-refractivity contribution in [2.45, 2.75) is 50.9 Å². The lowest BCUT2D eigenvalue weighted by Gasteiger charge is -2.24. The van der Waals surface area contributed by atoms with Crippen molar-refractivity contribution < 1.29 is 26.3 Å². The Kier molecular flexibility index (Phi) is 6.77. The van der Waals surface area contributed by atoms with Crippen molar-refractivity contribution in [1.82, 2.24) is 9.29 Å². The number of halogens is 3. The fourth-order valence-electron chi connectivity index (χ4n) is 4.10. The Hall–Kier alpha value is -3.03. The molecule has 0 fully saturated rings. The minimum Gasteiger partial charge on any atom is -0.497 e. The molecule has 6 nitrogen and oxygen atoms in total. The van der Waals surface area contributed by atoms with E-state index in [1.165, 1.54) is 17.9 Å². The zero-order valence-corrected chi connectivity index (χ0v) is 19.4. The molecule has 1 N–H and O–H groups in total. The molecule has 10 heteroatoms. The number of hydrogen-bond acceptors (Lipinski definition) is 4. The van der Waals surface area contributed by atoms with Gasteiger partial charge in [-0.25, -0.2) is 8.42 Å². The van der Waals surface area contributed by atoms with E-state index >= 15 is 0 Å². The first-order chi connectivity index (χ1) is 15.4. The van der Waals surface area contributed by atoms with Crippen LogP contribution in [0.2, 0.25) is 0 Å². The van der Waals surface area contributed by atoms with Crippen molar-refractivity contribution in [3.05, 3.63) is 58.8 Å². The maximum atomic E-state index is 14.0. The Balaban J connectivity index is 2.04. The van der Waals surface area contributed by atoms with Gasteiger partial charge < -0.3 is 9.30 Å². The average Bonchev–Trinajstić information content (AvgIpc) is 3.02. The van der Waals surface area contributed by atoms with Crippen LogP contribution in [0.3, 0.4) is 0 Å². The van der Waals surface area contributed by atoms with Gasteiger partial charge in [-0.3, -0.25) is 0 Å². The summed E-state index contributed by atoms with van der Waals surface area (Å²) in [6, 6.07) is 7.68. The Morgan fingerprint density at radius 2 is 1.79 bits per heavy atom. The van der Waals surface area contributed by atoms with Crippen molar-refractivity contribution in [3.8, 4) is 11.8 Å². The molecule has 0 saturated heterocycles. The van der Waals surface area contributed by atoms with Gasteiger partial charge in [0.1, 0.15) is 11.8 Å². The standard InChI is InChI=1S/C23H24F3N3O3S/c1-14-9-15(2)22(16(3)10-14)33(30,31)28-21(23(24,25)26)13-29-12-17(7-8-27)19-11-18(32-4)5-6-20(19)29/h5-6,9-12,21,28H,7,13H2,1-4H3. The molecule has 176 valence electrons. The molecule has 0 aliphatic rings. The lowest BCUT2D eigenvalue weighted by molar-refractivity contribution is -0.154. The third-order valence-electron chi connectivity index (χ3n) is 5.39. The van der Waals surface area contributed by atoms with Gasteiger partial charge in [-0.05, 0) is 55.7 Å². The maximum absolute atomic E-state index is 14.0. The number of hydrogen-bond donors (Lipinski definition) is 1. The number of fused-ring (bicyclic) bond motifs is 1. The molecule has 1 unspecified atom stereocenters. The van der Waals surface area contributed by atoms with Gasteiger partial charge in [0.15, 0.2) is 0 Å². The van der Waals surface area contributed by atoms with E-state index in [4.69, 9.17) is 10.00 Å². The quantitative estimate of drug-likeness (QED) is 0.539. The number of benzene rings is 2. The summed E-state index contributed by atoms with van der Waals surface area (Å²) >= 11 is 0. The van der Waals surface area contributed by atoms with Crippen molar-refractivity contribution in [1.29, 1.82) is 5.26 Å². The Morgan fingerprint density at radius 3 is 2.33 bits per heavy atom. The van der Waals surface area contributed by atoms with E-state index in [9.17, 15) is 21.6 Å². The Morgan fingerprint density at radius 1 is 1.15 bits per heavy atom. The summed E-state index contributed by atoms with van der Waals surface area (Å²) in [7, 11) is -3.00. The van der Waals surface area contributed by atoms with E-state index < -0.39 is 28.8 Å². The molecule has 3 aromatic rings. The molecule has 0 saturated carbocycles. The van der Waals surface area contributed by atoms with Crippen LogP contribution in [0.15, 0.2) is 41.4 Å². The maximum Gasteiger partial charge on any atom is 0.406 e. The number of sulfonamides is 1. The first-order valence-electron chi connectivity index (χ1n) is 10.1. The topological polar surface area (TPSA) is 84.1 Å². The van der Waals surface area contributed by atoms with Crippen molar-refractivity contribution in [2.75, 3.05) is 7.11 Å². The van der Waals surface area contributed by atoms with Gasteiger partial charge in [0.2, 0.25) is 10.0 Å². The highest BCUT2D eigenvalue weighted by atomic mass is 32.2. The van der Waals surface area contributed by atoms with Crippen molar-refractivity contribution in [2.24, 2.45) is 0 Å². The SMILES string of the molecule is COc1ccc2c(c1)c(CC#N)cn2CC(NS(=O)(=O)c1c(C)cc(C)cc1C)C(F)(F)F. The van der Waals surface area contributed by atoms with Crippen molar-refractivity contribution in [3.63, 3.8) is 0 Å². The third-order valence-corrected chi connectivity index (χ3v) is 7.16. The average molecular weight is 480 g/mol. The smallest absolute Gasteiger partial charge is 0.406 e. The summed E-state index contributed by atoms with van der Waals surface area (Å²) in [6.45, 7) is 4.20. The first-order valence-corrected chi connectivity index (χ1v) is 11.5. The monoisotopic (exact) mass is 479 g/mol. The van der Waals surface area contributed by atoms with E-state index in [0.29, 0.717) is 33.3 Å². The molecule has 2 aromatic carbocycles. The molecular formula is C23H24F3N3O3S. The molecule has 0 amide bonds. The summed E-state index contributed by atoms with van der Waals surface area (Å²) in [5, 5.41) is 9.69. The van der Waals surface area contributed by atoms with Crippen LogP contribution in [0.5, 0.6) is 5.75 Å². The number of alkyl halides is 3. The molecule has 3 rings (SSSR count). The van der Waals surface area contributed by atoms with E-state index in [0.717, 1.165) is 5.56 Å². The number of nitrogens with zero attached hydrogens (tertiary/aromatic N) is 2. The second-order valence-electron chi connectivity index (χ2n) is 7.97. The van der Waals surface area contributed by atoms with Crippen LogP contribution in [0.1, 0.15) is 22.3 Å². The Labute approximate surface area is 190 Å². The van der Waals surface area contributed by atoms with Crippen LogP contribution < -0.4 is 9.46 Å². The second-order valence-corrected chi connectivity index (χ2v) is 9.62. The van der Waals surface area contributed by atoms with Crippen LogP contribution in [-0.4, -0.2) is 32.3 Å². The highest BCUT2D eigenvalue weighted by Crippen LogP contribution is 2.30. The Bertz CT molecular complexity index is 1320. The lowest BCUT2D eigenvalue weighted by Crippen LogP contribution is -2.48.